The van der Waals surface area contributed by atoms with Crippen LogP contribution in [0.2, 0.25) is 0 Å². The van der Waals surface area contributed by atoms with E-state index < -0.39 is 0 Å². The molecule has 3 unspecified atom stereocenters. The number of nitrogens with one attached hydrogen (secondary N) is 1. The molecule has 1 amide bonds. The molecule has 4 nitrogen and oxygen atoms in total. The van der Waals surface area contributed by atoms with E-state index in [0.29, 0.717) is 0 Å². The van der Waals surface area contributed by atoms with E-state index in [-0.39, 0.29) is 24.2 Å². The lowest BCUT2D eigenvalue weighted by molar-refractivity contribution is -0.132. The summed E-state index contributed by atoms with van der Waals surface area (Å²) in [5.41, 5.74) is 0. The summed E-state index contributed by atoms with van der Waals surface area (Å²) in [6, 6.07) is 0.257. The molecule has 0 radical (unpaired) electrons. The molecule has 3 atom stereocenters. The van der Waals surface area contributed by atoms with Gasteiger partial charge < -0.3 is 9.80 Å². The first-order chi connectivity index (χ1) is 8.54. The molecule has 1 aliphatic heterocycles. The van der Waals surface area contributed by atoms with Gasteiger partial charge in [0.2, 0.25) is 5.91 Å². The predicted molar refractivity (Wildman–Crippen MR) is 75.4 cm³/mol. The molecule has 106 valence electrons. The molecule has 0 bridgehead atoms. The first-order valence-electron chi connectivity index (χ1n) is 7.35. The molecule has 1 rings (SSSR count). The van der Waals surface area contributed by atoms with Crippen LogP contribution in [0.5, 0.6) is 0 Å². The number of hydrogen-bond acceptors (Lipinski definition) is 3. The predicted octanol–water partition coefficient (Wildman–Crippen LogP) is 1.66. The maximum absolute atomic E-state index is 12.2. The highest BCUT2D eigenvalue weighted by Gasteiger charge is 2.38. The maximum atomic E-state index is 12.2. The van der Waals surface area contributed by atoms with Crippen LogP contribution in [0.25, 0.3) is 0 Å². The monoisotopic (exact) mass is 255 g/mol. The Kier molecular flexibility index (Phi) is 6.09. The van der Waals surface area contributed by atoms with Crippen molar-refractivity contribution in [1.29, 1.82) is 0 Å². The summed E-state index contributed by atoms with van der Waals surface area (Å²) in [5.74, 6) is 0.258. The van der Waals surface area contributed by atoms with Gasteiger partial charge in [0.05, 0.1) is 12.2 Å². The van der Waals surface area contributed by atoms with E-state index in [1.807, 2.05) is 6.92 Å². The van der Waals surface area contributed by atoms with Crippen molar-refractivity contribution in [3.63, 3.8) is 0 Å². The van der Waals surface area contributed by atoms with Gasteiger partial charge in [0, 0.05) is 12.6 Å². The highest BCUT2D eigenvalue weighted by atomic mass is 16.2. The Bertz CT molecular complexity index is 266. The van der Waals surface area contributed by atoms with Crippen LogP contribution in [-0.4, -0.2) is 53.6 Å². The first-order valence-corrected chi connectivity index (χ1v) is 7.35. The van der Waals surface area contributed by atoms with Crippen LogP contribution in [0.15, 0.2) is 0 Å². The quantitative estimate of drug-likeness (QED) is 0.751. The van der Waals surface area contributed by atoms with Gasteiger partial charge in [0.25, 0.3) is 0 Å². The van der Waals surface area contributed by atoms with Crippen molar-refractivity contribution >= 4 is 5.91 Å². The fraction of sp³-hybridized carbons (Fsp3) is 0.929. The molecule has 0 aromatic heterocycles. The largest absolute Gasteiger partial charge is 0.322 e. The van der Waals surface area contributed by atoms with Gasteiger partial charge in [-0.05, 0) is 33.4 Å². The summed E-state index contributed by atoms with van der Waals surface area (Å²) in [6.07, 6.45) is 2.37. The Morgan fingerprint density at radius 2 is 1.94 bits per heavy atom. The summed E-state index contributed by atoms with van der Waals surface area (Å²) in [6.45, 7) is 13.7. The zero-order valence-corrected chi connectivity index (χ0v) is 12.6. The minimum atomic E-state index is -0.0271. The second-order valence-electron chi connectivity index (χ2n) is 5.27. The number of rotatable bonds is 7. The van der Waals surface area contributed by atoms with Crippen LogP contribution < -0.4 is 5.32 Å². The van der Waals surface area contributed by atoms with Crippen molar-refractivity contribution < 1.29 is 4.79 Å². The number of likely N-dealkylation sites (N-methyl/N-ethyl adjacent to an activating group) is 1. The summed E-state index contributed by atoms with van der Waals surface area (Å²) in [4.78, 5) is 16.7. The number of nitrogens with zero attached hydrogens (tertiary/aromatic N) is 2. The van der Waals surface area contributed by atoms with Crippen molar-refractivity contribution in [2.45, 2.75) is 65.7 Å². The van der Waals surface area contributed by atoms with Crippen LogP contribution in [0.4, 0.5) is 0 Å². The van der Waals surface area contributed by atoms with Gasteiger partial charge in [-0.3, -0.25) is 10.1 Å². The van der Waals surface area contributed by atoms with Crippen LogP contribution in [0.3, 0.4) is 0 Å². The fourth-order valence-electron chi connectivity index (χ4n) is 2.78. The lowest BCUT2D eigenvalue weighted by Gasteiger charge is -2.33. The molecule has 18 heavy (non-hydrogen) atoms. The summed E-state index contributed by atoms with van der Waals surface area (Å²) in [7, 11) is 0. The van der Waals surface area contributed by atoms with Crippen molar-refractivity contribution in [2.75, 3.05) is 19.6 Å². The van der Waals surface area contributed by atoms with Gasteiger partial charge in [-0.1, -0.05) is 27.2 Å². The van der Waals surface area contributed by atoms with E-state index in [1.165, 1.54) is 0 Å². The average molecular weight is 255 g/mol. The Morgan fingerprint density at radius 3 is 2.44 bits per heavy atom. The van der Waals surface area contributed by atoms with Crippen molar-refractivity contribution in [1.82, 2.24) is 15.1 Å². The fourth-order valence-corrected chi connectivity index (χ4v) is 2.78. The topological polar surface area (TPSA) is 35.6 Å². The molecule has 0 aromatic carbocycles. The van der Waals surface area contributed by atoms with Gasteiger partial charge in [-0.15, -0.1) is 0 Å². The number of amides is 1. The molecule has 1 aliphatic rings. The average Bonchev–Trinajstić information content (AvgIpc) is 2.62. The lowest BCUT2D eigenvalue weighted by atomic mass is 10.2. The second-order valence-corrected chi connectivity index (χ2v) is 5.27. The standard InChI is InChI=1S/C14H29N3O/c1-6-9-13-15-12(5)14(18)17(13)11(4)10-16(7-2)8-3/h11-13,15H,6-10H2,1-5H3. The molecular formula is C14H29N3O. The molecule has 1 saturated heterocycles. The van der Waals surface area contributed by atoms with Gasteiger partial charge in [-0.2, -0.15) is 0 Å². The van der Waals surface area contributed by atoms with Crippen LogP contribution in [-0.2, 0) is 4.79 Å². The Morgan fingerprint density at radius 1 is 1.33 bits per heavy atom. The van der Waals surface area contributed by atoms with Crippen LogP contribution in [0, 0.1) is 0 Å². The smallest absolute Gasteiger partial charge is 0.241 e. The molecule has 0 aliphatic carbocycles. The summed E-state index contributed by atoms with van der Waals surface area (Å²) in [5, 5.41) is 3.40. The third kappa shape index (κ3) is 3.45. The van der Waals surface area contributed by atoms with Crippen molar-refractivity contribution in [3.8, 4) is 0 Å². The molecule has 4 heteroatoms. The van der Waals surface area contributed by atoms with Crippen LogP contribution >= 0.6 is 0 Å². The molecule has 0 aromatic rings. The lowest BCUT2D eigenvalue weighted by Crippen LogP contribution is -2.48. The number of carbonyl (C=O) groups is 1. The first kappa shape index (κ1) is 15.4. The van der Waals surface area contributed by atoms with Gasteiger partial charge in [-0.25, -0.2) is 0 Å². The van der Waals surface area contributed by atoms with Gasteiger partial charge >= 0.3 is 0 Å². The zero-order valence-electron chi connectivity index (χ0n) is 12.6. The second kappa shape index (κ2) is 7.10. The summed E-state index contributed by atoms with van der Waals surface area (Å²) >= 11 is 0. The van der Waals surface area contributed by atoms with Gasteiger partial charge in [0.15, 0.2) is 0 Å². The third-order valence-electron chi connectivity index (χ3n) is 3.86. The normalized spacial score (nSPS) is 26.1. The Hall–Kier alpha value is -0.610. The molecule has 1 N–H and O–H groups in total. The van der Waals surface area contributed by atoms with E-state index in [1.54, 1.807) is 0 Å². The molecular weight excluding hydrogens is 226 g/mol. The third-order valence-corrected chi connectivity index (χ3v) is 3.86. The molecule has 0 saturated carbocycles. The van der Waals surface area contributed by atoms with E-state index in [4.69, 9.17) is 0 Å². The van der Waals surface area contributed by atoms with E-state index >= 15 is 0 Å². The molecule has 1 heterocycles. The maximum Gasteiger partial charge on any atom is 0.241 e. The van der Waals surface area contributed by atoms with E-state index in [9.17, 15) is 4.79 Å². The minimum absolute atomic E-state index is 0.0271. The van der Waals surface area contributed by atoms with Crippen LogP contribution in [0.1, 0.15) is 47.5 Å². The Balaban J connectivity index is 2.67. The van der Waals surface area contributed by atoms with E-state index in [0.717, 1.165) is 32.5 Å². The number of carbonyl (C=O) groups excluding carboxylic acids is 1. The minimum Gasteiger partial charge on any atom is -0.322 e. The van der Waals surface area contributed by atoms with Crippen molar-refractivity contribution in [3.05, 3.63) is 0 Å². The highest BCUT2D eigenvalue weighted by Crippen LogP contribution is 2.18. The van der Waals surface area contributed by atoms with E-state index in [2.05, 4.69) is 42.8 Å². The van der Waals surface area contributed by atoms with Crippen molar-refractivity contribution in [2.24, 2.45) is 0 Å². The Labute approximate surface area is 112 Å². The molecule has 1 fully saturated rings. The SMILES string of the molecule is CCCC1NC(C)C(=O)N1C(C)CN(CC)CC. The molecule has 0 spiro atoms. The highest BCUT2D eigenvalue weighted by molar-refractivity contribution is 5.84. The summed E-state index contributed by atoms with van der Waals surface area (Å²) < 4.78 is 0. The number of hydrogen-bond donors (Lipinski definition) is 1. The van der Waals surface area contributed by atoms with Gasteiger partial charge in [0.1, 0.15) is 0 Å². The zero-order chi connectivity index (χ0) is 13.7.